The third kappa shape index (κ3) is 2.14. The Morgan fingerprint density at radius 3 is 2.75 bits per heavy atom. The van der Waals surface area contributed by atoms with E-state index >= 15 is 0 Å². The van der Waals surface area contributed by atoms with E-state index in [1.165, 1.54) is 38.8 Å². The number of hydrogen-bond acceptors (Lipinski definition) is 4. The van der Waals surface area contributed by atoms with Crippen molar-refractivity contribution in [1.82, 2.24) is 14.9 Å². The van der Waals surface area contributed by atoms with Crippen molar-refractivity contribution in [1.29, 1.82) is 0 Å². The van der Waals surface area contributed by atoms with Gasteiger partial charge in [-0.3, -0.25) is 9.88 Å². The van der Waals surface area contributed by atoms with Crippen LogP contribution in [0, 0.1) is 0 Å². The number of para-hydroxylation sites is 2. The normalized spacial score (nSPS) is 26.6. The van der Waals surface area contributed by atoms with Gasteiger partial charge in [0.2, 0.25) is 0 Å². The Balaban J connectivity index is 1.57. The number of piperidine rings is 1. The van der Waals surface area contributed by atoms with Gasteiger partial charge in [-0.05, 0) is 50.9 Å². The first-order valence-electron chi connectivity index (χ1n) is 7.62. The molecule has 2 aliphatic heterocycles. The SMILES string of the molecule is c1ccc2nc(N[C@H]3CCCN4CCC[C@@H]34)cnc2c1. The Labute approximate surface area is 119 Å². The van der Waals surface area contributed by atoms with Crippen molar-refractivity contribution >= 4 is 16.9 Å². The number of rotatable bonds is 2. The molecule has 0 unspecified atom stereocenters. The topological polar surface area (TPSA) is 41.1 Å². The Hall–Kier alpha value is -1.68. The third-order valence-electron chi connectivity index (χ3n) is 4.62. The fourth-order valence-electron chi connectivity index (χ4n) is 3.68. The number of anilines is 1. The molecule has 104 valence electrons. The molecule has 3 heterocycles. The standard InChI is InChI=1S/C16H20N4/c1-2-6-13-12(5-1)17-11-16(18-13)19-14-7-3-9-20-10-4-8-15(14)20/h1-2,5-6,11,14-15H,3-4,7-10H2,(H,18,19)/t14-,15-/m0/s1. The van der Waals surface area contributed by atoms with E-state index in [0.717, 1.165) is 16.9 Å². The summed E-state index contributed by atoms with van der Waals surface area (Å²) in [7, 11) is 0. The lowest BCUT2D eigenvalue weighted by atomic mass is 9.96. The summed E-state index contributed by atoms with van der Waals surface area (Å²) in [6, 6.07) is 9.27. The highest BCUT2D eigenvalue weighted by molar-refractivity contribution is 5.75. The summed E-state index contributed by atoms with van der Waals surface area (Å²) >= 11 is 0. The van der Waals surface area contributed by atoms with Crippen LogP contribution in [0.2, 0.25) is 0 Å². The molecule has 1 aromatic carbocycles. The van der Waals surface area contributed by atoms with Crippen molar-refractivity contribution < 1.29 is 0 Å². The second kappa shape index (κ2) is 5.02. The largest absolute Gasteiger partial charge is 0.364 e. The molecule has 4 rings (SSSR count). The van der Waals surface area contributed by atoms with Crippen LogP contribution in [0.5, 0.6) is 0 Å². The van der Waals surface area contributed by atoms with E-state index in [1.807, 2.05) is 30.5 Å². The van der Waals surface area contributed by atoms with Crippen LogP contribution in [-0.4, -0.2) is 40.0 Å². The van der Waals surface area contributed by atoms with Crippen molar-refractivity contribution in [3.63, 3.8) is 0 Å². The molecule has 1 N–H and O–H groups in total. The molecule has 2 saturated heterocycles. The van der Waals surface area contributed by atoms with Gasteiger partial charge in [-0.25, -0.2) is 4.98 Å². The van der Waals surface area contributed by atoms with E-state index in [4.69, 9.17) is 4.98 Å². The van der Waals surface area contributed by atoms with E-state index < -0.39 is 0 Å². The van der Waals surface area contributed by atoms with Gasteiger partial charge >= 0.3 is 0 Å². The van der Waals surface area contributed by atoms with E-state index in [2.05, 4.69) is 15.2 Å². The minimum atomic E-state index is 0.529. The molecule has 2 fully saturated rings. The fraction of sp³-hybridized carbons (Fsp3) is 0.500. The van der Waals surface area contributed by atoms with Gasteiger partial charge in [0.05, 0.1) is 17.2 Å². The highest BCUT2D eigenvalue weighted by atomic mass is 15.2. The summed E-state index contributed by atoms with van der Waals surface area (Å²) in [6.45, 7) is 2.54. The predicted molar refractivity (Wildman–Crippen MR) is 80.8 cm³/mol. The zero-order valence-electron chi connectivity index (χ0n) is 11.6. The van der Waals surface area contributed by atoms with E-state index in [1.54, 1.807) is 0 Å². The van der Waals surface area contributed by atoms with Gasteiger partial charge in [0.1, 0.15) is 5.82 Å². The monoisotopic (exact) mass is 268 g/mol. The Bertz CT molecular complexity index is 612. The van der Waals surface area contributed by atoms with Gasteiger partial charge < -0.3 is 5.32 Å². The lowest BCUT2D eigenvalue weighted by Crippen LogP contribution is -2.47. The molecule has 0 amide bonds. The molecular weight excluding hydrogens is 248 g/mol. The maximum atomic E-state index is 4.69. The van der Waals surface area contributed by atoms with Gasteiger partial charge in [-0.15, -0.1) is 0 Å². The maximum absolute atomic E-state index is 4.69. The van der Waals surface area contributed by atoms with Crippen LogP contribution in [0.4, 0.5) is 5.82 Å². The van der Waals surface area contributed by atoms with Crippen LogP contribution in [0.25, 0.3) is 11.0 Å². The summed E-state index contributed by atoms with van der Waals surface area (Å²) < 4.78 is 0. The predicted octanol–water partition coefficient (Wildman–Crippen LogP) is 2.67. The summed E-state index contributed by atoms with van der Waals surface area (Å²) in [5.41, 5.74) is 1.93. The quantitative estimate of drug-likeness (QED) is 0.909. The zero-order chi connectivity index (χ0) is 13.4. The molecule has 4 nitrogen and oxygen atoms in total. The molecule has 0 bridgehead atoms. The molecule has 1 aromatic heterocycles. The van der Waals surface area contributed by atoms with Crippen LogP contribution in [0.15, 0.2) is 30.5 Å². The number of nitrogens with one attached hydrogen (secondary N) is 1. The zero-order valence-corrected chi connectivity index (χ0v) is 11.6. The molecule has 2 aromatic rings. The van der Waals surface area contributed by atoms with E-state index in [9.17, 15) is 0 Å². The smallest absolute Gasteiger partial charge is 0.145 e. The van der Waals surface area contributed by atoms with Crippen molar-refractivity contribution in [2.75, 3.05) is 18.4 Å². The summed E-state index contributed by atoms with van der Waals surface area (Å²) in [5.74, 6) is 0.919. The van der Waals surface area contributed by atoms with Gasteiger partial charge in [0.25, 0.3) is 0 Å². The summed E-state index contributed by atoms with van der Waals surface area (Å²) in [5, 5.41) is 3.63. The van der Waals surface area contributed by atoms with Gasteiger partial charge in [0.15, 0.2) is 0 Å². The molecule has 2 aliphatic rings. The first-order valence-corrected chi connectivity index (χ1v) is 7.62. The number of hydrogen-bond donors (Lipinski definition) is 1. The highest BCUT2D eigenvalue weighted by Gasteiger charge is 2.34. The van der Waals surface area contributed by atoms with Crippen LogP contribution >= 0.6 is 0 Å². The Morgan fingerprint density at radius 1 is 1.05 bits per heavy atom. The molecule has 0 radical (unpaired) electrons. The number of fused-ring (bicyclic) bond motifs is 2. The van der Waals surface area contributed by atoms with Crippen LogP contribution in [0.3, 0.4) is 0 Å². The Morgan fingerprint density at radius 2 is 1.85 bits per heavy atom. The summed E-state index contributed by atoms with van der Waals surface area (Å²) in [4.78, 5) is 11.8. The first kappa shape index (κ1) is 12.1. The van der Waals surface area contributed by atoms with Gasteiger partial charge in [-0.1, -0.05) is 12.1 Å². The van der Waals surface area contributed by atoms with Crippen molar-refractivity contribution in [3.05, 3.63) is 30.5 Å². The van der Waals surface area contributed by atoms with Crippen molar-refractivity contribution in [2.24, 2.45) is 0 Å². The first-order chi connectivity index (χ1) is 9.90. The van der Waals surface area contributed by atoms with Gasteiger partial charge in [0, 0.05) is 12.1 Å². The van der Waals surface area contributed by atoms with E-state index in [-0.39, 0.29) is 0 Å². The second-order valence-corrected chi connectivity index (χ2v) is 5.88. The minimum Gasteiger partial charge on any atom is -0.364 e. The molecule has 0 saturated carbocycles. The van der Waals surface area contributed by atoms with Crippen LogP contribution in [-0.2, 0) is 0 Å². The third-order valence-corrected chi connectivity index (χ3v) is 4.62. The molecule has 2 atom stereocenters. The second-order valence-electron chi connectivity index (χ2n) is 5.88. The maximum Gasteiger partial charge on any atom is 0.145 e. The minimum absolute atomic E-state index is 0.529. The van der Waals surface area contributed by atoms with Crippen LogP contribution in [0.1, 0.15) is 25.7 Å². The summed E-state index contributed by atoms with van der Waals surface area (Å²) in [6.07, 6.45) is 7.06. The fourth-order valence-corrected chi connectivity index (χ4v) is 3.68. The molecular formula is C16H20N4. The lowest BCUT2D eigenvalue weighted by molar-refractivity contribution is 0.183. The molecule has 20 heavy (non-hydrogen) atoms. The average Bonchev–Trinajstić information content (AvgIpc) is 2.97. The van der Waals surface area contributed by atoms with Gasteiger partial charge in [-0.2, -0.15) is 0 Å². The van der Waals surface area contributed by atoms with Crippen molar-refractivity contribution in [3.8, 4) is 0 Å². The molecule has 0 aliphatic carbocycles. The molecule has 0 spiro atoms. The highest BCUT2D eigenvalue weighted by Crippen LogP contribution is 2.29. The average molecular weight is 268 g/mol. The number of nitrogens with zero attached hydrogens (tertiary/aromatic N) is 3. The number of aromatic nitrogens is 2. The van der Waals surface area contributed by atoms with E-state index in [0.29, 0.717) is 12.1 Å². The lowest BCUT2D eigenvalue weighted by Gasteiger charge is -2.37. The number of benzene rings is 1. The molecule has 4 heteroatoms. The van der Waals surface area contributed by atoms with Crippen molar-refractivity contribution in [2.45, 2.75) is 37.8 Å². The van der Waals surface area contributed by atoms with Crippen LogP contribution < -0.4 is 5.32 Å². The Kier molecular flexibility index (Phi) is 3.03.